The number of benzene rings is 1. The molecule has 0 radical (unpaired) electrons. The molecule has 0 amide bonds. The Morgan fingerprint density at radius 2 is 2.00 bits per heavy atom. The standard InChI is InChI=1S/C9H6F3NO6/c10-6-4(13(17)18)1-3(7(14)8(15)16)2-5(6)19-9(11)12/h1-2,7,9,14H,(H,15,16). The van der Waals surface area contributed by atoms with Gasteiger partial charge in [0, 0.05) is 11.6 Å². The molecule has 1 aromatic carbocycles. The first-order valence-corrected chi connectivity index (χ1v) is 4.57. The fourth-order valence-electron chi connectivity index (χ4n) is 1.22. The van der Waals surface area contributed by atoms with Crippen molar-refractivity contribution in [1.29, 1.82) is 0 Å². The second kappa shape index (κ2) is 5.52. The molecular formula is C9H6F3NO6. The van der Waals surface area contributed by atoms with E-state index >= 15 is 0 Å². The molecule has 0 aliphatic heterocycles. The van der Waals surface area contributed by atoms with Gasteiger partial charge in [-0.25, -0.2) is 4.79 Å². The molecule has 1 rings (SSSR count). The maximum Gasteiger partial charge on any atom is 0.387 e. The average Bonchev–Trinajstić information content (AvgIpc) is 2.29. The van der Waals surface area contributed by atoms with E-state index in [1.165, 1.54) is 0 Å². The number of nitro groups is 1. The van der Waals surface area contributed by atoms with Crippen LogP contribution in [0.5, 0.6) is 5.75 Å². The second-order valence-corrected chi connectivity index (χ2v) is 3.23. The predicted octanol–water partition coefficient (Wildman–Crippen LogP) is 1.45. The van der Waals surface area contributed by atoms with Crippen LogP contribution < -0.4 is 4.74 Å². The molecule has 0 fully saturated rings. The Bertz CT molecular complexity index is 521. The molecule has 10 heteroatoms. The van der Waals surface area contributed by atoms with Crippen molar-refractivity contribution in [2.24, 2.45) is 0 Å². The van der Waals surface area contributed by atoms with Crippen molar-refractivity contribution >= 4 is 11.7 Å². The van der Waals surface area contributed by atoms with Crippen LogP contribution in [0.15, 0.2) is 12.1 Å². The van der Waals surface area contributed by atoms with E-state index in [4.69, 9.17) is 10.2 Å². The van der Waals surface area contributed by atoms with Crippen LogP contribution in [0.1, 0.15) is 11.7 Å². The zero-order valence-corrected chi connectivity index (χ0v) is 8.92. The zero-order chi connectivity index (χ0) is 14.7. The number of aliphatic carboxylic acids is 1. The van der Waals surface area contributed by atoms with Gasteiger partial charge in [-0.15, -0.1) is 0 Å². The first-order chi connectivity index (χ1) is 8.73. The van der Waals surface area contributed by atoms with Crippen LogP contribution in [-0.4, -0.2) is 27.7 Å². The first-order valence-electron chi connectivity index (χ1n) is 4.57. The maximum absolute atomic E-state index is 13.4. The van der Waals surface area contributed by atoms with Crippen molar-refractivity contribution in [2.45, 2.75) is 12.7 Å². The highest BCUT2D eigenvalue weighted by molar-refractivity contribution is 5.74. The molecule has 0 saturated carbocycles. The van der Waals surface area contributed by atoms with Gasteiger partial charge in [0.1, 0.15) is 0 Å². The number of halogens is 3. The van der Waals surface area contributed by atoms with Crippen LogP contribution in [0.4, 0.5) is 18.9 Å². The number of aliphatic hydroxyl groups is 1. The van der Waals surface area contributed by atoms with Crippen molar-refractivity contribution in [1.82, 2.24) is 0 Å². The van der Waals surface area contributed by atoms with Crippen LogP contribution in [0.2, 0.25) is 0 Å². The number of carboxylic acids is 1. The number of hydrogen-bond acceptors (Lipinski definition) is 5. The monoisotopic (exact) mass is 281 g/mol. The molecule has 0 aromatic heterocycles. The van der Waals surface area contributed by atoms with Crippen LogP contribution in [0.3, 0.4) is 0 Å². The summed E-state index contributed by atoms with van der Waals surface area (Å²) in [5, 5.41) is 28.2. The summed E-state index contributed by atoms with van der Waals surface area (Å²) in [6, 6.07) is 0.875. The number of ether oxygens (including phenoxy) is 1. The molecule has 1 unspecified atom stereocenters. The Hall–Kier alpha value is -2.36. The summed E-state index contributed by atoms with van der Waals surface area (Å²) in [5.41, 5.74) is -1.94. The first kappa shape index (κ1) is 14.7. The smallest absolute Gasteiger partial charge is 0.387 e. The lowest BCUT2D eigenvalue weighted by atomic mass is 10.1. The van der Waals surface area contributed by atoms with Crippen molar-refractivity contribution in [3.05, 3.63) is 33.6 Å². The molecule has 1 aromatic rings. The molecular weight excluding hydrogens is 275 g/mol. The van der Waals surface area contributed by atoms with E-state index in [-0.39, 0.29) is 0 Å². The molecule has 0 spiro atoms. The molecule has 1 atom stereocenters. The Labute approximate surface area is 103 Å². The van der Waals surface area contributed by atoms with Crippen molar-refractivity contribution in [2.75, 3.05) is 0 Å². The number of carboxylic acid groups (broad SMARTS) is 1. The van der Waals surface area contributed by atoms with Gasteiger partial charge < -0.3 is 14.9 Å². The lowest BCUT2D eigenvalue weighted by Gasteiger charge is -2.10. The summed E-state index contributed by atoms with van der Waals surface area (Å²) in [6.07, 6.45) is -2.24. The predicted molar refractivity (Wildman–Crippen MR) is 52.3 cm³/mol. The van der Waals surface area contributed by atoms with Crippen LogP contribution in [0, 0.1) is 15.9 Å². The maximum atomic E-state index is 13.4. The highest BCUT2D eigenvalue weighted by Crippen LogP contribution is 2.32. The third kappa shape index (κ3) is 3.31. The number of alkyl halides is 2. The third-order valence-corrected chi connectivity index (χ3v) is 2.00. The Morgan fingerprint density at radius 3 is 2.42 bits per heavy atom. The summed E-state index contributed by atoms with van der Waals surface area (Å²) >= 11 is 0. The van der Waals surface area contributed by atoms with Gasteiger partial charge in [-0.05, 0) is 6.07 Å². The van der Waals surface area contributed by atoms with Gasteiger partial charge in [0.25, 0.3) is 0 Å². The summed E-state index contributed by atoms with van der Waals surface area (Å²) in [7, 11) is 0. The van der Waals surface area contributed by atoms with E-state index in [2.05, 4.69) is 4.74 Å². The highest BCUT2D eigenvalue weighted by Gasteiger charge is 2.27. The minimum atomic E-state index is -3.47. The minimum absolute atomic E-state index is 0.423. The van der Waals surface area contributed by atoms with Crippen molar-refractivity contribution < 1.29 is 37.8 Å². The normalized spacial score (nSPS) is 12.3. The van der Waals surface area contributed by atoms with E-state index in [1.54, 1.807) is 0 Å². The Morgan fingerprint density at radius 1 is 1.42 bits per heavy atom. The van der Waals surface area contributed by atoms with E-state index in [9.17, 15) is 28.1 Å². The highest BCUT2D eigenvalue weighted by atomic mass is 19.3. The van der Waals surface area contributed by atoms with E-state index < -0.39 is 46.4 Å². The third-order valence-electron chi connectivity index (χ3n) is 2.00. The number of rotatable bonds is 5. The summed E-state index contributed by atoms with van der Waals surface area (Å²) in [4.78, 5) is 19.7. The van der Waals surface area contributed by atoms with Crippen molar-refractivity contribution in [3.8, 4) is 5.75 Å². The lowest BCUT2D eigenvalue weighted by molar-refractivity contribution is -0.387. The molecule has 0 aliphatic carbocycles. The summed E-state index contributed by atoms with van der Waals surface area (Å²) in [5.74, 6) is -4.70. The molecule has 19 heavy (non-hydrogen) atoms. The van der Waals surface area contributed by atoms with E-state index in [0.717, 1.165) is 0 Å². The molecule has 0 aliphatic rings. The SMILES string of the molecule is O=C(O)C(O)c1cc(OC(F)F)c(F)c([N+](=O)[O-])c1. The molecule has 104 valence electrons. The number of hydrogen-bond donors (Lipinski definition) is 2. The molecule has 0 saturated heterocycles. The second-order valence-electron chi connectivity index (χ2n) is 3.23. The van der Waals surface area contributed by atoms with Crippen LogP contribution in [-0.2, 0) is 4.79 Å². The Balaban J connectivity index is 3.38. The zero-order valence-electron chi connectivity index (χ0n) is 8.92. The van der Waals surface area contributed by atoms with E-state index in [0.29, 0.717) is 12.1 Å². The average molecular weight is 281 g/mol. The van der Waals surface area contributed by atoms with Gasteiger partial charge in [-0.3, -0.25) is 10.1 Å². The lowest BCUT2D eigenvalue weighted by Crippen LogP contribution is -2.12. The van der Waals surface area contributed by atoms with E-state index in [1.807, 2.05) is 0 Å². The topological polar surface area (TPSA) is 110 Å². The molecule has 2 N–H and O–H groups in total. The fraction of sp³-hybridized carbons (Fsp3) is 0.222. The van der Waals surface area contributed by atoms with Gasteiger partial charge in [-0.1, -0.05) is 0 Å². The summed E-state index contributed by atoms with van der Waals surface area (Å²) < 4.78 is 41.1. The van der Waals surface area contributed by atoms with Gasteiger partial charge >= 0.3 is 18.3 Å². The number of carbonyl (C=O) groups is 1. The molecule has 0 bridgehead atoms. The number of nitro benzene ring substituents is 1. The van der Waals surface area contributed by atoms with Gasteiger partial charge in [0.2, 0.25) is 5.82 Å². The molecule has 7 nitrogen and oxygen atoms in total. The van der Waals surface area contributed by atoms with Gasteiger partial charge in [0.15, 0.2) is 11.9 Å². The number of aliphatic hydroxyl groups excluding tert-OH is 1. The van der Waals surface area contributed by atoms with Crippen LogP contribution in [0.25, 0.3) is 0 Å². The number of nitrogens with zero attached hydrogens (tertiary/aromatic N) is 1. The summed E-state index contributed by atoms with van der Waals surface area (Å²) in [6.45, 7) is -3.47. The van der Waals surface area contributed by atoms with Crippen LogP contribution >= 0.6 is 0 Å². The quantitative estimate of drug-likeness (QED) is 0.624. The minimum Gasteiger partial charge on any atom is -0.479 e. The molecule has 0 heterocycles. The van der Waals surface area contributed by atoms with Gasteiger partial charge in [0.05, 0.1) is 4.92 Å². The van der Waals surface area contributed by atoms with Crippen molar-refractivity contribution in [3.63, 3.8) is 0 Å². The largest absolute Gasteiger partial charge is 0.479 e. The fourth-order valence-corrected chi connectivity index (χ4v) is 1.22. The van der Waals surface area contributed by atoms with Gasteiger partial charge in [-0.2, -0.15) is 13.2 Å². The Kier molecular flexibility index (Phi) is 4.27.